The molecule has 0 saturated heterocycles. The van der Waals surface area contributed by atoms with E-state index in [9.17, 15) is 0 Å². The second-order valence-electron chi connectivity index (χ2n) is 10.2. The van der Waals surface area contributed by atoms with Gasteiger partial charge in [-0.25, -0.2) is 9.97 Å². The summed E-state index contributed by atoms with van der Waals surface area (Å²) in [6.07, 6.45) is 0. The summed E-state index contributed by atoms with van der Waals surface area (Å²) in [4.78, 5) is 10.1. The van der Waals surface area contributed by atoms with Gasteiger partial charge in [0, 0.05) is 32.8 Å². The normalized spacial score (nSPS) is 11.4. The molecule has 2 heterocycles. The molecule has 0 aliphatic carbocycles. The summed E-state index contributed by atoms with van der Waals surface area (Å²) in [6, 6.07) is 50.3. The number of fused-ring (bicyclic) bond motifs is 5. The van der Waals surface area contributed by atoms with Crippen LogP contribution < -0.4 is 0 Å². The van der Waals surface area contributed by atoms with E-state index in [-0.39, 0.29) is 0 Å². The molecule has 0 aliphatic rings. The maximum atomic E-state index is 6.36. The summed E-state index contributed by atoms with van der Waals surface area (Å²) in [6.45, 7) is 0. The second kappa shape index (κ2) is 9.58. The Balaban J connectivity index is 1.29. The van der Waals surface area contributed by atoms with Crippen LogP contribution in [0.3, 0.4) is 0 Å². The third-order valence-corrected chi connectivity index (χ3v) is 7.70. The first-order valence-corrected chi connectivity index (χ1v) is 13.7. The van der Waals surface area contributed by atoms with Crippen LogP contribution >= 0.6 is 0 Å². The van der Waals surface area contributed by atoms with Crippen molar-refractivity contribution in [3.63, 3.8) is 0 Å². The lowest BCUT2D eigenvalue weighted by molar-refractivity contribution is 0.672. The van der Waals surface area contributed by atoms with E-state index in [1.165, 1.54) is 5.56 Å². The number of para-hydroxylation sites is 1. The summed E-state index contributed by atoms with van der Waals surface area (Å²) in [7, 11) is 0. The molecule has 0 atom stereocenters. The summed E-state index contributed by atoms with van der Waals surface area (Å²) in [5.41, 5.74) is 8.96. The molecule has 0 unspecified atom stereocenters. The van der Waals surface area contributed by atoms with Crippen LogP contribution in [0.1, 0.15) is 0 Å². The van der Waals surface area contributed by atoms with Gasteiger partial charge in [0.25, 0.3) is 0 Å². The van der Waals surface area contributed by atoms with Crippen molar-refractivity contribution in [1.29, 1.82) is 0 Å². The third kappa shape index (κ3) is 4.16. The number of aromatic nitrogens is 2. The molecule has 41 heavy (non-hydrogen) atoms. The number of hydrogen-bond donors (Lipinski definition) is 0. The zero-order valence-corrected chi connectivity index (χ0v) is 22.2. The highest BCUT2D eigenvalue weighted by Gasteiger charge is 2.14. The lowest BCUT2D eigenvalue weighted by atomic mass is 10.0. The molecule has 0 aliphatic heterocycles. The number of nitrogens with zero attached hydrogens (tertiary/aromatic N) is 2. The topological polar surface area (TPSA) is 38.9 Å². The van der Waals surface area contributed by atoms with Crippen molar-refractivity contribution in [3.05, 3.63) is 146 Å². The van der Waals surface area contributed by atoms with E-state index in [1.807, 2.05) is 36.4 Å². The Morgan fingerprint density at radius 1 is 0.390 bits per heavy atom. The van der Waals surface area contributed by atoms with Gasteiger partial charge < -0.3 is 4.42 Å². The van der Waals surface area contributed by atoms with E-state index < -0.39 is 0 Å². The number of benzene rings is 6. The fourth-order valence-corrected chi connectivity index (χ4v) is 5.58. The molecule has 3 nitrogen and oxygen atoms in total. The molecular weight excluding hydrogens is 500 g/mol. The Bertz CT molecular complexity index is 2180. The fourth-order valence-electron chi connectivity index (χ4n) is 5.58. The number of rotatable bonds is 4. The first-order chi connectivity index (χ1) is 20.3. The third-order valence-electron chi connectivity index (χ3n) is 7.70. The number of hydrogen-bond acceptors (Lipinski definition) is 3. The molecule has 192 valence electrons. The fraction of sp³-hybridized carbons (Fsp3) is 0. The Morgan fingerprint density at radius 2 is 0.976 bits per heavy atom. The van der Waals surface area contributed by atoms with Crippen LogP contribution in [0, 0.1) is 0 Å². The van der Waals surface area contributed by atoms with Gasteiger partial charge in [-0.3, -0.25) is 0 Å². The van der Waals surface area contributed by atoms with Crippen LogP contribution in [0.15, 0.2) is 150 Å². The maximum absolute atomic E-state index is 6.36. The highest BCUT2D eigenvalue weighted by Crippen LogP contribution is 2.36. The van der Waals surface area contributed by atoms with Crippen LogP contribution in [0.5, 0.6) is 0 Å². The van der Waals surface area contributed by atoms with E-state index in [0.29, 0.717) is 5.82 Å². The molecular formula is C38H24N2O. The van der Waals surface area contributed by atoms with Crippen molar-refractivity contribution in [2.45, 2.75) is 0 Å². The van der Waals surface area contributed by atoms with Gasteiger partial charge in [-0.15, -0.1) is 0 Å². The van der Waals surface area contributed by atoms with E-state index in [2.05, 4.69) is 109 Å². The van der Waals surface area contributed by atoms with Gasteiger partial charge in [-0.05, 0) is 40.8 Å². The van der Waals surface area contributed by atoms with Crippen molar-refractivity contribution in [2.75, 3.05) is 0 Å². The van der Waals surface area contributed by atoms with Crippen LogP contribution in [-0.4, -0.2) is 9.97 Å². The van der Waals surface area contributed by atoms with E-state index in [1.54, 1.807) is 0 Å². The summed E-state index contributed by atoms with van der Waals surface area (Å²) in [5.74, 6) is 0.697. The van der Waals surface area contributed by atoms with Crippen LogP contribution in [0.2, 0.25) is 0 Å². The Hall–Kier alpha value is -5.54. The van der Waals surface area contributed by atoms with Gasteiger partial charge in [-0.1, -0.05) is 121 Å². The molecule has 0 amide bonds. The van der Waals surface area contributed by atoms with Crippen molar-refractivity contribution in [3.8, 4) is 45.0 Å². The maximum Gasteiger partial charge on any atom is 0.160 e. The summed E-state index contributed by atoms with van der Waals surface area (Å²) < 4.78 is 6.36. The van der Waals surface area contributed by atoms with Gasteiger partial charge in [0.15, 0.2) is 5.82 Å². The van der Waals surface area contributed by atoms with Gasteiger partial charge in [0.05, 0.1) is 11.4 Å². The van der Waals surface area contributed by atoms with Crippen molar-refractivity contribution >= 4 is 32.7 Å². The highest BCUT2D eigenvalue weighted by molar-refractivity contribution is 6.15. The van der Waals surface area contributed by atoms with E-state index in [0.717, 1.165) is 66.4 Å². The zero-order valence-electron chi connectivity index (χ0n) is 22.2. The predicted octanol–water partition coefficient (Wildman–Crippen LogP) is 10.2. The molecule has 8 rings (SSSR count). The minimum absolute atomic E-state index is 0.697. The quantitative estimate of drug-likeness (QED) is 0.230. The Morgan fingerprint density at radius 3 is 1.76 bits per heavy atom. The molecule has 2 aromatic heterocycles. The van der Waals surface area contributed by atoms with Crippen LogP contribution in [0.25, 0.3) is 77.7 Å². The standard InChI is InChI=1S/C38H24N2O/c1-3-9-25(10-4-1)26-15-18-29(19-16-26)38-39-34(28-11-5-2-6-12-28)24-35(40-38)30-20-17-27-21-22-32-31-13-7-8-14-36(31)41-37(32)33(27)23-30/h1-24H. The lowest BCUT2D eigenvalue weighted by Gasteiger charge is -2.11. The van der Waals surface area contributed by atoms with Gasteiger partial charge in [-0.2, -0.15) is 0 Å². The number of furan rings is 1. The predicted molar refractivity (Wildman–Crippen MR) is 169 cm³/mol. The molecule has 6 aromatic carbocycles. The molecule has 0 N–H and O–H groups in total. The van der Waals surface area contributed by atoms with Gasteiger partial charge in [0.2, 0.25) is 0 Å². The van der Waals surface area contributed by atoms with Gasteiger partial charge >= 0.3 is 0 Å². The van der Waals surface area contributed by atoms with E-state index in [4.69, 9.17) is 14.4 Å². The minimum atomic E-state index is 0.697. The first-order valence-electron chi connectivity index (χ1n) is 13.7. The Labute approximate surface area is 237 Å². The summed E-state index contributed by atoms with van der Waals surface area (Å²) >= 11 is 0. The van der Waals surface area contributed by atoms with Gasteiger partial charge in [0.1, 0.15) is 11.2 Å². The van der Waals surface area contributed by atoms with E-state index >= 15 is 0 Å². The second-order valence-corrected chi connectivity index (χ2v) is 10.2. The van der Waals surface area contributed by atoms with Crippen LogP contribution in [-0.2, 0) is 0 Å². The van der Waals surface area contributed by atoms with Crippen LogP contribution in [0.4, 0.5) is 0 Å². The lowest BCUT2D eigenvalue weighted by Crippen LogP contribution is -1.96. The van der Waals surface area contributed by atoms with Crippen molar-refractivity contribution in [2.24, 2.45) is 0 Å². The summed E-state index contributed by atoms with van der Waals surface area (Å²) in [5, 5.41) is 4.46. The largest absolute Gasteiger partial charge is 0.455 e. The molecule has 0 saturated carbocycles. The average Bonchev–Trinajstić information content (AvgIpc) is 3.45. The molecule has 3 heteroatoms. The Kier molecular flexibility index (Phi) is 5.46. The molecule has 0 radical (unpaired) electrons. The minimum Gasteiger partial charge on any atom is -0.455 e. The molecule has 8 aromatic rings. The zero-order chi connectivity index (χ0) is 27.2. The molecule has 0 fully saturated rings. The molecule has 0 spiro atoms. The SMILES string of the molecule is c1ccc(-c2ccc(-c3nc(-c4ccccc4)cc(-c4ccc5ccc6c7ccccc7oc6c5c4)n3)cc2)cc1. The smallest absolute Gasteiger partial charge is 0.160 e. The average molecular weight is 525 g/mol. The van der Waals surface area contributed by atoms with Crippen molar-refractivity contribution < 1.29 is 4.42 Å². The monoisotopic (exact) mass is 524 g/mol. The molecule has 0 bridgehead atoms. The van der Waals surface area contributed by atoms with Crippen molar-refractivity contribution in [1.82, 2.24) is 9.97 Å². The first kappa shape index (κ1) is 23.4. The highest BCUT2D eigenvalue weighted by atomic mass is 16.3.